The van der Waals surface area contributed by atoms with Gasteiger partial charge in [0.15, 0.2) is 0 Å². The second kappa shape index (κ2) is 7.36. The average Bonchev–Trinajstić information content (AvgIpc) is 2.32. The van der Waals surface area contributed by atoms with Crippen LogP contribution in [0.15, 0.2) is 18.2 Å². The highest BCUT2D eigenvalue weighted by molar-refractivity contribution is 6.33. The number of hydrogen-bond acceptors (Lipinski definition) is 3. The van der Waals surface area contributed by atoms with Gasteiger partial charge in [-0.15, -0.1) is 0 Å². The van der Waals surface area contributed by atoms with Gasteiger partial charge in [0, 0.05) is 12.2 Å². The number of likely N-dealkylation sites (N-methyl/N-ethyl adjacent to an activating group) is 1. The fraction of sp³-hybridized carbons (Fsp3) is 0.500. The van der Waals surface area contributed by atoms with Crippen molar-refractivity contribution in [3.8, 4) is 0 Å². The van der Waals surface area contributed by atoms with Crippen LogP contribution in [0.2, 0.25) is 5.02 Å². The van der Waals surface area contributed by atoms with Gasteiger partial charge < -0.3 is 11.1 Å². The highest BCUT2D eigenvalue weighted by Gasteiger charge is 2.11. The van der Waals surface area contributed by atoms with Crippen molar-refractivity contribution in [3.63, 3.8) is 0 Å². The Morgan fingerprint density at radius 2 is 2.16 bits per heavy atom. The fourth-order valence-electron chi connectivity index (χ4n) is 1.85. The monoisotopic (exact) mass is 283 g/mol. The molecule has 0 aromatic heterocycles. The maximum atomic E-state index is 11.9. The standard InChI is InChI=1S/C14H22ClN3O/c1-4-18(8-10(2)3)9-14(19)17-11-5-6-12(15)13(16)7-11/h5-7,10H,4,8-9,16H2,1-3H3,(H,17,19). The molecule has 0 fully saturated rings. The van der Waals surface area contributed by atoms with Gasteiger partial charge in [-0.25, -0.2) is 0 Å². The number of carbonyl (C=O) groups excluding carboxylic acids is 1. The summed E-state index contributed by atoms with van der Waals surface area (Å²) in [7, 11) is 0. The van der Waals surface area contributed by atoms with E-state index in [-0.39, 0.29) is 5.91 Å². The lowest BCUT2D eigenvalue weighted by Gasteiger charge is -2.21. The molecule has 0 spiro atoms. The van der Waals surface area contributed by atoms with Crippen molar-refractivity contribution in [1.29, 1.82) is 0 Å². The molecule has 0 atom stereocenters. The van der Waals surface area contributed by atoms with Gasteiger partial charge in [-0.2, -0.15) is 0 Å². The number of nitrogens with one attached hydrogen (secondary N) is 1. The summed E-state index contributed by atoms with van der Waals surface area (Å²) in [6, 6.07) is 5.09. The normalized spacial score (nSPS) is 11.1. The molecule has 0 heterocycles. The van der Waals surface area contributed by atoms with E-state index >= 15 is 0 Å². The second-order valence-corrected chi connectivity index (χ2v) is 5.41. The first kappa shape index (κ1) is 15.8. The van der Waals surface area contributed by atoms with Crippen molar-refractivity contribution in [1.82, 2.24) is 4.90 Å². The second-order valence-electron chi connectivity index (χ2n) is 5.01. The number of anilines is 2. The topological polar surface area (TPSA) is 58.4 Å². The maximum absolute atomic E-state index is 11.9. The molecule has 1 rings (SSSR count). The van der Waals surface area contributed by atoms with Crippen molar-refractivity contribution in [2.45, 2.75) is 20.8 Å². The molecule has 0 aliphatic rings. The zero-order valence-electron chi connectivity index (χ0n) is 11.7. The zero-order chi connectivity index (χ0) is 14.4. The van der Waals surface area contributed by atoms with Gasteiger partial charge in [0.25, 0.3) is 0 Å². The van der Waals surface area contributed by atoms with Crippen molar-refractivity contribution < 1.29 is 4.79 Å². The van der Waals surface area contributed by atoms with Gasteiger partial charge >= 0.3 is 0 Å². The average molecular weight is 284 g/mol. The van der Waals surface area contributed by atoms with E-state index in [1.807, 2.05) is 0 Å². The molecule has 0 radical (unpaired) electrons. The highest BCUT2D eigenvalue weighted by Crippen LogP contribution is 2.22. The zero-order valence-corrected chi connectivity index (χ0v) is 12.5. The lowest BCUT2D eigenvalue weighted by atomic mass is 10.2. The van der Waals surface area contributed by atoms with E-state index in [0.717, 1.165) is 13.1 Å². The number of nitrogens with zero attached hydrogens (tertiary/aromatic N) is 1. The van der Waals surface area contributed by atoms with Gasteiger partial charge in [-0.1, -0.05) is 32.4 Å². The van der Waals surface area contributed by atoms with E-state index in [0.29, 0.717) is 28.9 Å². The summed E-state index contributed by atoms with van der Waals surface area (Å²) in [5, 5.41) is 3.32. The Morgan fingerprint density at radius 1 is 1.47 bits per heavy atom. The SMILES string of the molecule is CCN(CC(=O)Nc1ccc(Cl)c(N)c1)CC(C)C. The number of carbonyl (C=O) groups is 1. The summed E-state index contributed by atoms with van der Waals surface area (Å²) in [5.74, 6) is 0.503. The number of hydrogen-bond donors (Lipinski definition) is 2. The van der Waals surface area contributed by atoms with Crippen molar-refractivity contribution in [3.05, 3.63) is 23.2 Å². The van der Waals surface area contributed by atoms with Crippen molar-refractivity contribution in [2.75, 3.05) is 30.7 Å². The smallest absolute Gasteiger partial charge is 0.238 e. The molecule has 0 saturated carbocycles. The Morgan fingerprint density at radius 3 is 2.68 bits per heavy atom. The summed E-state index contributed by atoms with van der Waals surface area (Å²) < 4.78 is 0. The molecular formula is C14H22ClN3O. The molecule has 0 aliphatic carbocycles. The van der Waals surface area contributed by atoms with Crippen molar-refractivity contribution >= 4 is 28.9 Å². The number of rotatable bonds is 6. The minimum Gasteiger partial charge on any atom is -0.397 e. The van der Waals surface area contributed by atoms with Crippen LogP contribution in [-0.2, 0) is 4.79 Å². The number of amides is 1. The lowest BCUT2D eigenvalue weighted by Crippen LogP contribution is -2.35. The summed E-state index contributed by atoms with van der Waals surface area (Å²) in [6.45, 7) is 8.48. The molecule has 3 N–H and O–H groups in total. The Hall–Kier alpha value is -1.26. The predicted molar refractivity (Wildman–Crippen MR) is 81.4 cm³/mol. The number of halogens is 1. The van der Waals surface area contributed by atoms with E-state index in [4.69, 9.17) is 17.3 Å². The Kier molecular flexibility index (Phi) is 6.12. The first-order valence-corrected chi connectivity index (χ1v) is 6.87. The van der Waals surface area contributed by atoms with E-state index < -0.39 is 0 Å². The molecule has 1 aromatic carbocycles. The van der Waals surface area contributed by atoms with Gasteiger partial charge in [0.05, 0.1) is 17.3 Å². The molecule has 106 valence electrons. The van der Waals surface area contributed by atoms with Gasteiger partial charge in [-0.3, -0.25) is 9.69 Å². The van der Waals surface area contributed by atoms with Crippen LogP contribution < -0.4 is 11.1 Å². The summed E-state index contributed by atoms with van der Waals surface area (Å²) in [6.07, 6.45) is 0. The fourth-order valence-corrected chi connectivity index (χ4v) is 1.96. The summed E-state index contributed by atoms with van der Waals surface area (Å²) in [4.78, 5) is 14.0. The van der Waals surface area contributed by atoms with E-state index in [2.05, 4.69) is 31.0 Å². The molecule has 0 unspecified atom stereocenters. The van der Waals surface area contributed by atoms with Crippen molar-refractivity contribution in [2.24, 2.45) is 5.92 Å². The van der Waals surface area contributed by atoms with Crippen LogP contribution in [0.1, 0.15) is 20.8 Å². The largest absolute Gasteiger partial charge is 0.397 e. The van der Waals surface area contributed by atoms with Crippen LogP contribution >= 0.6 is 11.6 Å². The highest BCUT2D eigenvalue weighted by atomic mass is 35.5. The molecule has 19 heavy (non-hydrogen) atoms. The van der Waals surface area contributed by atoms with Crippen LogP contribution in [0.25, 0.3) is 0 Å². The predicted octanol–water partition coefficient (Wildman–Crippen LogP) is 2.84. The minimum absolute atomic E-state index is 0.0378. The van der Waals surface area contributed by atoms with Gasteiger partial charge in [0.1, 0.15) is 0 Å². The van der Waals surface area contributed by atoms with Crippen LogP contribution in [0.4, 0.5) is 11.4 Å². The Balaban J connectivity index is 2.56. The van der Waals surface area contributed by atoms with Crippen LogP contribution in [0.5, 0.6) is 0 Å². The third-order valence-electron chi connectivity index (χ3n) is 2.72. The molecule has 1 aromatic rings. The van der Waals surface area contributed by atoms with Crippen LogP contribution in [-0.4, -0.2) is 30.4 Å². The Labute approximate surface area is 119 Å². The third-order valence-corrected chi connectivity index (χ3v) is 3.06. The summed E-state index contributed by atoms with van der Waals surface area (Å²) in [5.41, 5.74) is 6.84. The molecule has 0 aliphatic heterocycles. The quantitative estimate of drug-likeness (QED) is 0.789. The third kappa shape index (κ3) is 5.49. The first-order valence-electron chi connectivity index (χ1n) is 6.49. The molecular weight excluding hydrogens is 262 g/mol. The molecule has 4 nitrogen and oxygen atoms in total. The van der Waals surface area contributed by atoms with Crippen LogP contribution in [0, 0.1) is 5.92 Å². The first-order chi connectivity index (χ1) is 8.92. The summed E-state index contributed by atoms with van der Waals surface area (Å²) >= 11 is 5.84. The molecule has 0 bridgehead atoms. The molecule has 0 saturated heterocycles. The van der Waals surface area contributed by atoms with E-state index in [1.165, 1.54) is 0 Å². The minimum atomic E-state index is -0.0378. The number of nitrogens with two attached hydrogens (primary N) is 1. The Bertz CT molecular complexity index is 435. The van der Waals surface area contributed by atoms with Crippen LogP contribution in [0.3, 0.4) is 0 Å². The van der Waals surface area contributed by atoms with E-state index in [9.17, 15) is 4.79 Å². The lowest BCUT2D eigenvalue weighted by molar-refractivity contribution is -0.117. The van der Waals surface area contributed by atoms with Gasteiger partial charge in [-0.05, 0) is 30.7 Å². The molecule has 1 amide bonds. The van der Waals surface area contributed by atoms with Gasteiger partial charge in [0.2, 0.25) is 5.91 Å². The molecule has 5 heteroatoms. The maximum Gasteiger partial charge on any atom is 0.238 e. The van der Waals surface area contributed by atoms with E-state index in [1.54, 1.807) is 18.2 Å². The number of benzene rings is 1. The number of nitrogen functional groups attached to an aromatic ring is 1.